The molecule has 120 valence electrons. The summed E-state index contributed by atoms with van der Waals surface area (Å²) in [5.41, 5.74) is 0. The monoisotopic (exact) mass is 321 g/mol. The Bertz CT molecular complexity index is 570. The second kappa shape index (κ2) is 7.30. The third kappa shape index (κ3) is 3.91. The molecule has 2 atom stereocenters. The minimum Gasteiger partial charge on any atom is -0.388 e. The molecule has 0 saturated carbocycles. The number of thiophene rings is 1. The highest BCUT2D eigenvalue weighted by molar-refractivity contribution is 7.10. The molecule has 0 amide bonds. The van der Waals surface area contributed by atoms with Crippen molar-refractivity contribution in [1.29, 1.82) is 0 Å². The molecule has 6 nitrogen and oxygen atoms in total. The fourth-order valence-corrected chi connectivity index (χ4v) is 3.86. The van der Waals surface area contributed by atoms with E-state index >= 15 is 0 Å². The van der Waals surface area contributed by atoms with Crippen molar-refractivity contribution in [3.63, 3.8) is 0 Å². The standard InChI is InChI=1S/C15H23N5OS/c1-19-17-15(16-18-19)11-20-8-4-2-3-6-12(20)10-13(21)14-7-5-9-22-14/h5,7,9,12-13,21H,2-4,6,8,10-11H2,1H3/t12-,13-/m0/s1. The molecule has 3 heterocycles. The molecule has 1 saturated heterocycles. The van der Waals surface area contributed by atoms with Crippen molar-refractivity contribution in [2.24, 2.45) is 7.05 Å². The summed E-state index contributed by atoms with van der Waals surface area (Å²) in [5, 5.41) is 24.8. The van der Waals surface area contributed by atoms with Crippen LogP contribution in [0.15, 0.2) is 17.5 Å². The van der Waals surface area contributed by atoms with E-state index in [1.807, 2.05) is 17.5 Å². The second-order valence-electron chi connectivity index (χ2n) is 5.94. The molecule has 0 spiro atoms. The summed E-state index contributed by atoms with van der Waals surface area (Å²) < 4.78 is 0. The van der Waals surface area contributed by atoms with Gasteiger partial charge in [0.05, 0.1) is 19.7 Å². The maximum absolute atomic E-state index is 10.5. The van der Waals surface area contributed by atoms with Crippen molar-refractivity contribution in [3.8, 4) is 0 Å². The van der Waals surface area contributed by atoms with Gasteiger partial charge < -0.3 is 5.11 Å². The van der Waals surface area contributed by atoms with Crippen LogP contribution in [-0.4, -0.2) is 42.8 Å². The summed E-state index contributed by atoms with van der Waals surface area (Å²) in [6.45, 7) is 1.76. The number of aliphatic hydroxyl groups excluding tert-OH is 1. The van der Waals surface area contributed by atoms with E-state index in [1.54, 1.807) is 18.4 Å². The van der Waals surface area contributed by atoms with Gasteiger partial charge in [-0.15, -0.1) is 21.5 Å². The van der Waals surface area contributed by atoms with Crippen LogP contribution in [0.3, 0.4) is 0 Å². The van der Waals surface area contributed by atoms with Crippen LogP contribution in [0.1, 0.15) is 48.9 Å². The summed E-state index contributed by atoms with van der Waals surface area (Å²) in [6, 6.07) is 4.39. The lowest BCUT2D eigenvalue weighted by molar-refractivity contribution is 0.0980. The molecule has 3 rings (SSSR count). The molecular formula is C15H23N5OS. The van der Waals surface area contributed by atoms with Crippen LogP contribution >= 0.6 is 11.3 Å². The van der Waals surface area contributed by atoms with Crippen molar-refractivity contribution in [3.05, 3.63) is 28.2 Å². The SMILES string of the molecule is Cn1nnc(CN2CCCCC[C@H]2C[C@H](O)c2cccs2)n1. The fourth-order valence-electron chi connectivity index (χ4n) is 3.13. The highest BCUT2D eigenvalue weighted by Crippen LogP contribution is 2.29. The largest absolute Gasteiger partial charge is 0.388 e. The topological polar surface area (TPSA) is 67.1 Å². The molecule has 2 aromatic rings. The molecule has 1 N–H and O–H groups in total. The number of hydrogen-bond donors (Lipinski definition) is 1. The first kappa shape index (κ1) is 15.6. The molecule has 0 aliphatic carbocycles. The van der Waals surface area contributed by atoms with Crippen LogP contribution < -0.4 is 0 Å². The number of aryl methyl sites for hydroxylation is 1. The molecule has 0 bridgehead atoms. The van der Waals surface area contributed by atoms with E-state index in [0.29, 0.717) is 6.04 Å². The average Bonchev–Trinajstić information content (AvgIpc) is 3.12. The maximum Gasteiger partial charge on any atom is 0.188 e. The minimum atomic E-state index is -0.375. The number of likely N-dealkylation sites (tertiary alicyclic amines) is 1. The summed E-state index contributed by atoms with van der Waals surface area (Å²) in [5.74, 6) is 0.764. The first-order chi connectivity index (χ1) is 10.7. The van der Waals surface area contributed by atoms with E-state index in [4.69, 9.17) is 0 Å². The van der Waals surface area contributed by atoms with Crippen molar-refractivity contribution < 1.29 is 5.11 Å². The van der Waals surface area contributed by atoms with E-state index in [9.17, 15) is 5.11 Å². The molecule has 1 aliphatic rings. The van der Waals surface area contributed by atoms with Gasteiger partial charge in [-0.25, -0.2) is 0 Å². The molecular weight excluding hydrogens is 298 g/mol. The predicted octanol–water partition coefficient (Wildman–Crippen LogP) is 2.14. The zero-order valence-electron chi connectivity index (χ0n) is 12.9. The molecule has 1 aliphatic heterocycles. The maximum atomic E-state index is 10.5. The van der Waals surface area contributed by atoms with Crippen LogP contribution in [0.5, 0.6) is 0 Å². The molecule has 0 radical (unpaired) electrons. The van der Waals surface area contributed by atoms with E-state index in [0.717, 1.165) is 36.6 Å². The van der Waals surface area contributed by atoms with Crippen molar-refractivity contribution in [2.45, 2.75) is 50.8 Å². The van der Waals surface area contributed by atoms with Crippen molar-refractivity contribution in [2.75, 3.05) is 6.54 Å². The molecule has 0 unspecified atom stereocenters. The number of aliphatic hydroxyl groups is 1. The van der Waals surface area contributed by atoms with E-state index in [2.05, 4.69) is 20.3 Å². The zero-order valence-corrected chi connectivity index (χ0v) is 13.7. The molecule has 1 fully saturated rings. The van der Waals surface area contributed by atoms with Crippen LogP contribution in [0, 0.1) is 0 Å². The summed E-state index contributed by atoms with van der Waals surface area (Å²) >= 11 is 1.63. The number of nitrogens with zero attached hydrogens (tertiary/aromatic N) is 5. The molecule has 0 aromatic carbocycles. The van der Waals surface area contributed by atoms with Gasteiger partial charge in [0.15, 0.2) is 5.82 Å². The number of hydrogen-bond acceptors (Lipinski definition) is 6. The fraction of sp³-hybridized carbons (Fsp3) is 0.667. The van der Waals surface area contributed by atoms with Crippen LogP contribution in [0.25, 0.3) is 0 Å². The third-order valence-corrected chi connectivity index (χ3v) is 5.23. The first-order valence-corrected chi connectivity index (χ1v) is 8.79. The van der Waals surface area contributed by atoms with Gasteiger partial charge in [0.25, 0.3) is 0 Å². The Balaban J connectivity index is 1.67. The summed E-state index contributed by atoms with van der Waals surface area (Å²) in [6.07, 6.45) is 5.22. The number of tetrazole rings is 1. The highest BCUT2D eigenvalue weighted by atomic mass is 32.1. The zero-order chi connectivity index (χ0) is 15.4. The van der Waals surface area contributed by atoms with Gasteiger partial charge in [0.1, 0.15) is 0 Å². The predicted molar refractivity (Wildman–Crippen MR) is 85.4 cm³/mol. The van der Waals surface area contributed by atoms with E-state index in [1.165, 1.54) is 24.1 Å². The van der Waals surface area contributed by atoms with Gasteiger partial charge in [0.2, 0.25) is 0 Å². The van der Waals surface area contributed by atoms with Crippen LogP contribution in [0.2, 0.25) is 0 Å². The Kier molecular flexibility index (Phi) is 5.17. The first-order valence-electron chi connectivity index (χ1n) is 7.91. The Morgan fingerprint density at radius 1 is 1.41 bits per heavy atom. The number of aromatic nitrogens is 4. The Morgan fingerprint density at radius 2 is 2.32 bits per heavy atom. The van der Waals surface area contributed by atoms with Gasteiger partial charge in [0, 0.05) is 10.9 Å². The van der Waals surface area contributed by atoms with Gasteiger partial charge in [-0.3, -0.25) is 4.90 Å². The lowest BCUT2D eigenvalue weighted by atomic mass is 10.0. The van der Waals surface area contributed by atoms with Crippen LogP contribution in [0.4, 0.5) is 0 Å². The quantitative estimate of drug-likeness (QED) is 0.914. The Morgan fingerprint density at radius 3 is 3.05 bits per heavy atom. The smallest absolute Gasteiger partial charge is 0.188 e. The lowest BCUT2D eigenvalue weighted by Crippen LogP contribution is -2.36. The molecule has 22 heavy (non-hydrogen) atoms. The van der Waals surface area contributed by atoms with Gasteiger partial charge in [-0.1, -0.05) is 18.9 Å². The lowest BCUT2D eigenvalue weighted by Gasteiger charge is -2.30. The van der Waals surface area contributed by atoms with E-state index < -0.39 is 0 Å². The van der Waals surface area contributed by atoms with Gasteiger partial charge >= 0.3 is 0 Å². The average molecular weight is 321 g/mol. The third-order valence-electron chi connectivity index (χ3n) is 4.26. The summed E-state index contributed by atoms with van der Waals surface area (Å²) in [4.78, 5) is 4.98. The minimum absolute atomic E-state index is 0.375. The van der Waals surface area contributed by atoms with Gasteiger partial charge in [-0.2, -0.15) is 4.80 Å². The second-order valence-corrected chi connectivity index (χ2v) is 6.91. The van der Waals surface area contributed by atoms with Crippen molar-refractivity contribution in [1.82, 2.24) is 25.1 Å². The van der Waals surface area contributed by atoms with E-state index in [-0.39, 0.29) is 6.10 Å². The molecule has 7 heteroatoms. The number of rotatable bonds is 5. The Labute approximate surface area is 134 Å². The van der Waals surface area contributed by atoms with Crippen molar-refractivity contribution >= 4 is 11.3 Å². The van der Waals surface area contributed by atoms with Crippen LogP contribution in [-0.2, 0) is 13.6 Å². The van der Waals surface area contributed by atoms with Gasteiger partial charge in [-0.05, 0) is 42.5 Å². The summed E-state index contributed by atoms with van der Waals surface area (Å²) in [7, 11) is 1.79. The highest BCUT2D eigenvalue weighted by Gasteiger charge is 2.25. The normalized spacial score (nSPS) is 21.6. The molecule has 2 aromatic heterocycles. The Hall–Kier alpha value is -1.31.